The second kappa shape index (κ2) is 7.49. The van der Waals surface area contributed by atoms with E-state index in [4.69, 9.17) is 5.10 Å². The predicted molar refractivity (Wildman–Crippen MR) is 123 cm³/mol. The number of rotatable bonds is 3. The third-order valence-corrected chi connectivity index (χ3v) is 6.39. The van der Waals surface area contributed by atoms with E-state index >= 15 is 4.39 Å². The summed E-state index contributed by atoms with van der Waals surface area (Å²) in [4.78, 5) is 13.6. The van der Waals surface area contributed by atoms with E-state index in [2.05, 4.69) is 10.4 Å². The Morgan fingerprint density at radius 2 is 1.82 bits per heavy atom. The van der Waals surface area contributed by atoms with Gasteiger partial charge in [0.2, 0.25) is 0 Å². The van der Waals surface area contributed by atoms with Gasteiger partial charge in [-0.15, -0.1) is 0 Å². The lowest BCUT2D eigenvalue weighted by atomic mass is 10.1. The van der Waals surface area contributed by atoms with Crippen LogP contribution in [0.2, 0.25) is 0 Å². The highest BCUT2D eigenvalue weighted by Gasteiger charge is 2.28. The van der Waals surface area contributed by atoms with E-state index in [9.17, 15) is 9.18 Å². The molecule has 172 valence electrons. The number of aromatic nitrogens is 6. The Kier molecular flexibility index (Phi) is 4.53. The lowest BCUT2D eigenvalue weighted by Crippen LogP contribution is -2.33. The minimum atomic E-state index is -0.517. The standard InChI is InChI=1S/C24H21F2N7O/c1-14-22-23(21(29-33(22)10-9-27-14)15-3-5-16(25)6-4-15)32-12-11-31(24(32)34)19-8-7-18-17(20(19)26)13-28-30(18)2/h3-8,11-14,27H,9-10H2,1-2H3/t14-/m0/s1. The van der Waals surface area contributed by atoms with Crippen LogP contribution in [0, 0.1) is 11.6 Å². The quantitative estimate of drug-likeness (QED) is 0.447. The molecular weight excluding hydrogens is 440 g/mol. The van der Waals surface area contributed by atoms with Gasteiger partial charge < -0.3 is 5.32 Å². The van der Waals surface area contributed by atoms with Crippen molar-refractivity contribution < 1.29 is 8.78 Å². The Morgan fingerprint density at radius 3 is 2.62 bits per heavy atom. The zero-order valence-electron chi connectivity index (χ0n) is 18.5. The maximum Gasteiger partial charge on any atom is 0.337 e. The molecule has 10 heteroatoms. The average molecular weight is 461 g/mol. The fourth-order valence-corrected chi connectivity index (χ4v) is 4.69. The number of imidazole rings is 1. The normalized spacial score (nSPS) is 15.7. The number of hydrogen-bond acceptors (Lipinski definition) is 4. The number of halogens is 2. The monoisotopic (exact) mass is 461 g/mol. The summed E-state index contributed by atoms with van der Waals surface area (Å²) in [7, 11) is 1.74. The van der Waals surface area contributed by atoms with Gasteiger partial charge in [-0.3, -0.25) is 18.5 Å². The number of benzene rings is 2. The van der Waals surface area contributed by atoms with Gasteiger partial charge >= 0.3 is 5.69 Å². The van der Waals surface area contributed by atoms with E-state index in [1.165, 1.54) is 27.5 Å². The summed E-state index contributed by atoms with van der Waals surface area (Å²) < 4.78 is 35.1. The smallest absolute Gasteiger partial charge is 0.307 e. The molecule has 0 bridgehead atoms. The molecule has 0 saturated carbocycles. The SMILES string of the molecule is C[C@@H]1NCCn2nc(-c3ccc(F)cc3)c(-n3ccn(-c4ccc5c(cnn5C)c4F)c3=O)c21. The lowest BCUT2D eigenvalue weighted by Gasteiger charge is -2.23. The zero-order valence-corrected chi connectivity index (χ0v) is 18.5. The molecule has 1 atom stereocenters. The zero-order chi connectivity index (χ0) is 23.6. The second-order valence-electron chi connectivity index (χ2n) is 8.41. The summed E-state index contributed by atoms with van der Waals surface area (Å²) in [6, 6.07) is 9.26. The first kappa shape index (κ1) is 20.5. The number of nitrogens with one attached hydrogen (secondary N) is 1. The topological polar surface area (TPSA) is 74.6 Å². The molecule has 5 aromatic rings. The van der Waals surface area contributed by atoms with Crippen LogP contribution >= 0.6 is 0 Å². The highest BCUT2D eigenvalue weighted by Crippen LogP contribution is 2.33. The molecule has 0 aliphatic carbocycles. The van der Waals surface area contributed by atoms with Crippen LogP contribution in [0.5, 0.6) is 0 Å². The van der Waals surface area contributed by atoms with Crippen LogP contribution in [-0.2, 0) is 13.6 Å². The summed E-state index contributed by atoms with van der Waals surface area (Å²) in [6.07, 6.45) is 4.61. The Bertz CT molecular complexity index is 1610. The van der Waals surface area contributed by atoms with E-state index in [1.54, 1.807) is 48.4 Å². The molecule has 1 N–H and O–H groups in total. The third kappa shape index (κ3) is 2.95. The van der Waals surface area contributed by atoms with E-state index in [-0.39, 0.29) is 17.5 Å². The van der Waals surface area contributed by atoms with E-state index in [0.29, 0.717) is 34.4 Å². The van der Waals surface area contributed by atoms with Crippen molar-refractivity contribution in [2.75, 3.05) is 6.54 Å². The molecule has 2 aromatic carbocycles. The summed E-state index contributed by atoms with van der Waals surface area (Å²) >= 11 is 0. The first-order valence-corrected chi connectivity index (χ1v) is 10.9. The maximum absolute atomic E-state index is 15.3. The van der Waals surface area contributed by atoms with Crippen LogP contribution in [0.15, 0.2) is 59.8 Å². The molecular formula is C24H21F2N7O. The fourth-order valence-electron chi connectivity index (χ4n) is 4.69. The Morgan fingerprint density at radius 1 is 1.06 bits per heavy atom. The minimum absolute atomic E-state index is 0.0656. The minimum Gasteiger partial charge on any atom is -0.307 e. The molecule has 34 heavy (non-hydrogen) atoms. The van der Waals surface area contributed by atoms with Gasteiger partial charge in [-0.25, -0.2) is 13.6 Å². The van der Waals surface area contributed by atoms with Crippen molar-refractivity contribution in [1.82, 2.24) is 34.0 Å². The van der Waals surface area contributed by atoms with Crippen molar-refractivity contribution in [2.24, 2.45) is 7.05 Å². The highest BCUT2D eigenvalue weighted by atomic mass is 19.1. The van der Waals surface area contributed by atoms with Gasteiger partial charge in [-0.1, -0.05) is 0 Å². The van der Waals surface area contributed by atoms with Gasteiger partial charge in [0.15, 0.2) is 5.82 Å². The number of nitrogens with zero attached hydrogens (tertiary/aromatic N) is 6. The molecule has 1 aliphatic heterocycles. The summed E-state index contributed by atoms with van der Waals surface area (Å²) in [6.45, 7) is 3.38. The van der Waals surface area contributed by atoms with E-state index in [0.717, 1.165) is 12.2 Å². The van der Waals surface area contributed by atoms with Gasteiger partial charge in [-0.2, -0.15) is 10.2 Å². The van der Waals surface area contributed by atoms with Gasteiger partial charge in [0, 0.05) is 37.6 Å². The van der Waals surface area contributed by atoms with Crippen LogP contribution in [-0.4, -0.2) is 35.2 Å². The molecule has 0 fully saturated rings. The number of aryl methyl sites for hydroxylation is 1. The molecule has 4 heterocycles. The number of hydrogen-bond donors (Lipinski definition) is 1. The van der Waals surface area contributed by atoms with Crippen molar-refractivity contribution in [2.45, 2.75) is 19.5 Å². The first-order valence-electron chi connectivity index (χ1n) is 10.9. The van der Waals surface area contributed by atoms with E-state index < -0.39 is 11.5 Å². The van der Waals surface area contributed by atoms with Crippen molar-refractivity contribution in [3.63, 3.8) is 0 Å². The largest absolute Gasteiger partial charge is 0.337 e. The molecule has 8 nitrogen and oxygen atoms in total. The van der Waals surface area contributed by atoms with Gasteiger partial charge in [-0.05, 0) is 43.3 Å². The first-order chi connectivity index (χ1) is 16.4. The molecule has 0 radical (unpaired) electrons. The summed E-state index contributed by atoms with van der Waals surface area (Å²) in [5.41, 5.74) is 3.03. The predicted octanol–water partition coefficient (Wildman–Crippen LogP) is 3.32. The molecule has 1 aliphatic rings. The maximum atomic E-state index is 15.3. The molecule has 6 rings (SSSR count). The van der Waals surface area contributed by atoms with Crippen molar-refractivity contribution in [3.8, 4) is 22.6 Å². The van der Waals surface area contributed by atoms with Gasteiger partial charge in [0.05, 0.1) is 35.0 Å². The highest BCUT2D eigenvalue weighted by molar-refractivity contribution is 5.81. The Balaban J connectivity index is 1.57. The summed E-state index contributed by atoms with van der Waals surface area (Å²) in [5, 5.41) is 12.6. The van der Waals surface area contributed by atoms with Crippen LogP contribution < -0.4 is 11.0 Å². The molecule has 0 amide bonds. The van der Waals surface area contributed by atoms with Crippen LogP contribution in [0.25, 0.3) is 33.5 Å². The van der Waals surface area contributed by atoms with Crippen LogP contribution in [0.3, 0.4) is 0 Å². The Hall–Kier alpha value is -4.05. The Labute approximate surface area is 192 Å². The molecule has 0 unspecified atom stereocenters. The lowest BCUT2D eigenvalue weighted by molar-refractivity contribution is 0.419. The summed E-state index contributed by atoms with van der Waals surface area (Å²) in [5.74, 6) is -0.870. The van der Waals surface area contributed by atoms with Crippen molar-refractivity contribution >= 4 is 10.9 Å². The van der Waals surface area contributed by atoms with Gasteiger partial charge in [0.1, 0.15) is 17.2 Å². The van der Waals surface area contributed by atoms with Crippen molar-refractivity contribution in [3.05, 3.63) is 82.8 Å². The van der Waals surface area contributed by atoms with Crippen LogP contribution in [0.1, 0.15) is 18.7 Å². The fraction of sp³-hybridized carbons (Fsp3) is 0.208. The molecule has 0 saturated heterocycles. The molecule has 0 spiro atoms. The number of fused-ring (bicyclic) bond motifs is 2. The van der Waals surface area contributed by atoms with Gasteiger partial charge in [0.25, 0.3) is 0 Å². The van der Waals surface area contributed by atoms with Crippen molar-refractivity contribution in [1.29, 1.82) is 0 Å². The third-order valence-electron chi connectivity index (χ3n) is 6.39. The average Bonchev–Trinajstić information content (AvgIpc) is 3.51. The van der Waals surface area contributed by atoms with Crippen LogP contribution in [0.4, 0.5) is 8.78 Å². The molecule has 3 aromatic heterocycles. The second-order valence-corrected chi connectivity index (χ2v) is 8.41. The van der Waals surface area contributed by atoms with E-state index in [1.807, 2.05) is 11.6 Å².